The van der Waals surface area contributed by atoms with Gasteiger partial charge in [0.1, 0.15) is 12.4 Å². The summed E-state index contributed by atoms with van der Waals surface area (Å²) in [6, 6.07) is 14.8. The Labute approximate surface area is 147 Å². The van der Waals surface area contributed by atoms with Crippen LogP contribution in [0, 0.1) is 0 Å². The molecule has 5 heteroatoms. The largest absolute Gasteiger partial charge is 0.490 e. The summed E-state index contributed by atoms with van der Waals surface area (Å²) in [7, 11) is 0. The zero-order valence-corrected chi connectivity index (χ0v) is 14.5. The highest BCUT2D eigenvalue weighted by molar-refractivity contribution is 6.30. The number of carbonyl (C=O) groups is 1. The fourth-order valence-electron chi connectivity index (χ4n) is 2.24. The molecule has 0 saturated heterocycles. The second kappa shape index (κ2) is 9.96. The molecule has 1 N–H and O–H groups in total. The number of hydrogen-bond acceptors (Lipinski definition) is 3. The van der Waals surface area contributed by atoms with Crippen LogP contribution in [0.2, 0.25) is 5.02 Å². The fraction of sp³-hybridized carbons (Fsp3) is 0.316. The van der Waals surface area contributed by atoms with Crippen LogP contribution in [-0.4, -0.2) is 32.3 Å². The quantitative estimate of drug-likeness (QED) is 0.703. The van der Waals surface area contributed by atoms with Gasteiger partial charge in [-0.25, -0.2) is 0 Å². The Morgan fingerprint density at radius 1 is 1.12 bits per heavy atom. The van der Waals surface area contributed by atoms with Crippen LogP contribution in [0.1, 0.15) is 22.8 Å². The summed E-state index contributed by atoms with van der Waals surface area (Å²) < 4.78 is 10.9. The van der Waals surface area contributed by atoms with E-state index in [1.165, 1.54) is 0 Å². The molecule has 0 spiro atoms. The van der Waals surface area contributed by atoms with Crippen LogP contribution in [-0.2, 0) is 11.2 Å². The van der Waals surface area contributed by atoms with Gasteiger partial charge in [0.2, 0.25) is 0 Å². The minimum Gasteiger partial charge on any atom is -0.490 e. The zero-order chi connectivity index (χ0) is 17.2. The molecular formula is C19H22ClNO3. The van der Waals surface area contributed by atoms with Crippen molar-refractivity contribution in [1.29, 1.82) is 0 Å². The molecule has 0 heterocycles. The average molecular weight is 348 g/mol. The maximum Gasteiger partial charge on any atom is 0.255 e. The Morgan fingerprint density at radius 3 is 2.75 bits per heavy atom. The highest BCUT2D eigenvalue weighted by atomic mass is 35.5. The Hall–Kier alpha value is -2.04. The predicted octanol–water partition coefficient (Wildman–Crippen LogP) is 3.73. The van der Waals surface area contributed by atoms with Crippen LogP contribution >= 0.6 is 11.6 Å². The Bertz CT molecular complexity index is 661. The van der Waals surface area contributed by atoms with E-state index in [2.05, 4.69) is 5.32 Å². The second-order valence-electron chi connectivity index (χ2n) is 5.18. The summed E-state index contributed by atoms with van der Waals surface area (Å²) in [5.41, 5.74) is 1.61. The lowest BCUT2D eigenvalue weighted by atomic mass is 10.1. The number of ether oxygens (including phenoxy) is 2. The lowest BCUT2D eigenvalue weighted by Crippen LogP contribution is -2.26. The van der Waals surface area contributed by atoms with Crippen molar-refractivity contribution in [2.24, 2.45) is 0 Å². The molecule has 128 valence electrons. The molecule has 0 unspecified atom stereocenters. The monoisotopic (exact) mass is 347 g/mol. The second-order valence-corrected chi connectivity index (χ2v) is 5.61. The van der Waals surface area contributed by atoms with Gasteiger partial charge in [-0.2, -0.15) is 0 Å². The van der Waals surface area contributed by atoms with Gasteiger partial charge < -0.3 is 14.8 Å². The van der Waals surface area contributed by atoms with Gasteiger partial charge in [-0.05, 0) is 43.2 Å². The maximum atomic E-state index is 12.4. The van der Waals surface area contributed by atoms with Gasteiger partial charge in [-0.3, -0.25) is 4.79 Å². The van der Waals surface area contributed by atoms with Crippen molar-refractivity contribution in [3.8, 4) is 5.75 Å². The van der Waals surface area contributed by atoms with Gasteiger partial charge in [0, 0.05) is 18.2 Å². The topological polar surface area (TPSA) is 47.6 Å². The lowest BCUT2D eigenvalue weighted by molar-refractivity contribution is 0.0937. The van der Waals surface area contributed by atoms with E-state index in [0.717, 1.165) is 12.0 Å². The van der Waals surface area contributed by atoms with E-state index in [0.29, 0.717) is 42.7 Å². The van der Waals surface area contributed by atoms with E-state index in [4.69, 9.17) is 21.1 Å². The first-order valence-corrected chi connectivity index (χ1v) is 8.40. The molecule has 1 amide bonds. The molecule has 0 aliphatic heterocycles. The number of carbonyl (C=O) groups excluding carboxylic acids is 1. The van der Waals surface area contributed by atoms with E-state index in [1.54, 1.807) is 12.1 Å². The summed E-state index contributed by atoms with van der Waals surface area (Å²) >= 11 is 5.96. The molecule has 0 saturated carbocycles. The van der Waals surface area contributed by atoms with Crippen molar-refractivity contribution >= 4 is 17.5 Å². The standard InChI is InChI=1S/C19H22ClNO3/c1-2-23-12-13-24-18-9-4-3-8-17(18)19(22)21-11-10-15-6-5-7-16(20)14-15/h3-9,14H,2,10-13H2,1H3,(H,21,22). The van der Waals surface area contributed by atoms with Crippen LogP contribution in [0.15, 0.2) is 48.5 Å². The molecule has 0 aliphatic rings. The number of benzene rings is 2. The lowest BCUT2D eigenvalue weighted by Gasteiger charge is -2.12. The molecule has 2 rings (SSSR count). The van der Waals surface area contributed by atoms with Crippen molar-refractivity contribution in [2.45, 2.75) is 13.3 Å². The third kappa shape index (κ3) is 5.87. The van der Waals surface area contributed by atoms with E-state index in [9.17, 15) is 4.79 Å². The maximum absolute atomic E-state index is 12.4. The van der Waals surface area contributed by atoms with Crippen molar-refractivity contribution in [1.82, 2.24) is 5.32 Å². The Morgan fingerprint density at radius 2 is 1.96 bits per heavy atom. The number of para-hydroxylation sites is 1. The van der Waals surface area contributed by atoms with Gasteiger partial charge in [-0.15, -0.1) is 0 Å². The molecular weight excluding hydrogens is 326 g/mol. The zero-order valence-electron chi connectivity index (χ0n) is 13.8. The molecule has 0 bridgehead atoms. The van der Waals surface area contributed by atoms with Gasteiger partial charge in [0.05, 0.1) is 12.2 Å². The summed E-state index contributed by atoms with van der Waals surface area (Å²) in [5, 5.41) is 3.62. The van der Waals surface area contributed by atoms with Crippen LogP contribution in [0.4, 0.5) is 0 Å². The minimum absolute atomic E-state index is 0.149. The minimum atomic E-state index is -0.149. The third-order valence-corrected chi connectivity index (χ3v) is 3.64. The molecule has 0 aromatic heterocycles. The highest BCUT2D eigenvalue weighted by Gasteiger charge is 2.11. The molecule has 2 aromatic rings. The van der Waals surface area contributed by atoms with E-state index >= 15 is 0 Å². The first kappa shape index (κ1) is 18.3. The molecule has 0 fully saturated rings. The summed E-state index contributed by atoms with van der Waals surface area (Å²) in [6.07, 6.45) is 0.722. The van der Waals surface area contributed by atoms with Gasteiger partial charge in [-0.1, -0.05) is 35.9 Å². The molecule has 24 heavy (non-hydrogen) atoms. The molecule has 4 nitrogen and oxygen atoms in total. The average Bonchev–Trinajstić information content (AvgIpc) is 2.59. The Balaban J connectivity index is 1.87. The van der Waals surface area contributed by atoms with Gasteiger partial charge >= 0.3 is 0 Å². The van der Waals surface area contributed by atoms with E-state index in [1.807, 2.05) is 43.3 Å². The molecule has 0 radical (unpaired) electrons. The van der Waals surface area contributed by atoms with Crippen LogP contribution in [0.5, 0.6) is 5.75 Å². The van der Waals surface area contributed by atoms with E-state index in [-0.39, 0.29) is 5.91 Å². The summed E-state index contributed by atoms with van der Waals surface area (Å²) in [6.45, 7) is 4.03. The van der Waals surface area contributed by atoms with Crippen LogP contribution < -0.4 is 10.1 Å². The first-order chi connectivity index (χ1) is 11.7. The smallest absolute Gasteiger partial charge is 0.255 e. The number of halogens is 1. The summed E-state index contributed by atoms with van der Waals surface area (Å²) in [4.78, 5) is 12.4. The molecule has 0 aliphatic carbocycles. The first-order valence-electron chi connectivity index (χ1n) is 8.03. The highest BCUT2D eigenvalue weighted by Crippen LogP contribution is 2.18. The fourth-order valence-corrected chi connectivity index (χ4v) is 2.46. The molecule has 2 aromatic carbocycles. The van der Waals surface area contributed by atoms with Crippen LogP contribution in [0.25, 0.3) is 0 Å². The van der Waals surface area contributed by atoms with Crippen molar-refractivity contribution in [3.63, 3.8) is 0 Å². The molecule has 0 atom stereocenters. The van der Waals surface area contributed by atoms with Gasteiger partial charge in [0.25, 0.3) is 5.91 Å². The van der Waals surface area contributed by atoms with Gasteiger partial charge in [0.15, 0.2) is 0 Å². The van der Waals surface area contributed by atoms with Crippen molar-refractivity contribution < 1.29 is 14.3 Å². The number of nitrogens with one attached hydrogen (secondary N) is 1. The summed E-state index contributed by atoms with van der Waals surface area (Å²) in [5.74, 6) is 0.418. The van der Waals surface area contributed by atoms with Crippen molar-refractivity contribution in [3.05, 3.63) is 64.7 Å². The number of amides is 1. The third-order valence-electron chi connectivity index (χ3n) is 3.41. The van der Waals surface area contributed by atoms with Crippen LogP contribution in [0.3, 0.4) is 0 Å². The van der Waals surface area contributed by atoms with E-state index < -0.39 is 0 Å². The van der Waals surface area contributed by atoms with Crippen molar-refractivity contribution in [2.75, 3.05) is 26.4 Å². The predicted molar refractivity (Wildman–Crippen MR) is 95.9 cm³/mol. The SMILES string of the molecule is CCOCCOc1ccccc1C(=O)NCCc1cccc(Cl)c1. The number of rotatable bonds is 9. The Kier molecular flexibility index (Phi) is 7.59. The number of hydrogen-bond donors (Lipinski definition) is 1. The normalized spacial score (nSPS) is 10.4.